The zero-order valence-corrected chi connectivity index (χ0v) is 11.9. The Labute approximate surface area is 112 Å². The lowest BCUT2D eigenvalue weighted by atomic mass is 10.2. The smallest absolute Gasteiger partial charge is 0.269 e. The van der Waals surface area contributed by atoms with Gasteiger partial charge in [-0.25, -0.2) is 17.4 Å². The highest BCUT2D eigenvalue weighted by molar-refractivity contribution is 7.90. The van der Waals surface area contributed by atoms with Gasteiger partial charge in [-0.2, -0.15) is 0 Å². The van der Waals surface area contributed by atoms with Crippen LogP contribution < -0.4 is 4.74 Å². The Morgan fingerprint density at radius 1 is 1.21 bits per heavy atom. The Kier molecular flexibility index (Phi) is 3.61. The topological polar surface area (TPSA) is 61.2 Å². The molecule has 0 spiro atoms. The van der Waals surface area contributed by atoms with E-state index in [0.717, 1.165) is 0 Å². The van der Waals surface area contributed by atoms with Crippen molar-refractivity contribution >= 4 is 10.0 Å². The van der Waals surface area contributed by atoms with Crippen molar-refractivity contribution < 1.29 is 13.2 Å². The summed E-state index contributed by atoms with van der Waals surface area (Å²) in [7, 11) is -2.06. The second-order valence-corrected chi connectivity index (χ2v) is 6.23. The van der Waals surface area contributed by atoms with Crippen LogP contribution in [0.15, 0.2) is 41.6 Å². The van der Waals surface area contributed by atoms with E-state index in [1.54, 1.807) is 12.1 Å². The highest BCUT2D eigenvalue weighted by atomic mass is 32.2. The molecular weight excluding hydrogens is 264 g/mol. The zero-order chi connectivity index (χ0) is 14.0. The molecule has 0 bridgehead atoms. The molecule has 1 heterocycles. The van der Waals surface area contributed by atoms with Crippen LogP contribution in [-0.2, 0) is 10.0 Å². The van der Waals surface area contributed by atoms with E-state index >= 15 is 0 Å². The van der Waals surface area contributed by atoms with Crippen molar-refractivity contribution in [2.24, 2.45) is 0 Å². The first kappa shape index (κ1) is 13.6. The van der Waals surface area contributed by atoms with Crippen molar-refractivity contribution in [1.82, 2.24) is 8.96 Å². The minimum Gasteiger partial charge on any atom is -0.497 e. The summed E-state index contributed by atoms with van der Waals surface area (Å²) in [6, 6.07) is 6.30. The van der Waals surface area contributed by atoms with Crippen LogP contribution in [0.4, 0.5) is 0 Å². The maximum absolute atomic E-state index is 12.5. The molecule has 2 rings (SSSR count). The van der Waals surface area contributed by atoms with E-state index < -0.39 is 10.0 Å². The van der Waals surface area contributed by atoms with Crippen LogP contribution in [-0.4, -0.2) is 24.5 Å². The Bertz CT molecular complexity index is 657. The molecule has 2 aromatic rings. The van der Waals surface area contributed by atoms with Crippen LogP contribution in [0.5, 0.6) is 5.75 Å². The Hall–Kier alpha value is -1.82. The van der Waals surface area contributed by atoms with Crippen LogP contribution in [0.2, 0.25) is 0 Å². The highest BCUT2D eigenvalue weighted by Gasteiger charge is 2.21. The number of ether oxygens (including phenoxy) is 1. The molecule has 0 saturated heterocycles. The first-order valence-corrected chi connectivity index (χ1v) is 7.33. The Morgan fingerprint density at radius 3 is 2.37 bits per heavy atom. The normalized spacial score (nSPS) is 11.8. The molecule has 0 radical (unpaired) electrons. The number of imidazole rings is 1. The van der Waals surface area contributed by atoms with Crippen LogP contribution in [0, 0.1) is 0 Å². The quantitative estimate of drug-likeness (QED) is 0.861. The van der Waals surface area contributed by atoms with Crippen molar-refractivity contribution in [2.75, 3.05) is 7.11 Å². The number of rotatable bonds is 4. The first-order chi connectivity index (χ1) is 8.96. The number of methoxy groups -OCH3 is 1. The van der Waals surface area contributed by atoms with Crippen molar-refractivity contribution in [3.63, 3.8) is 0 Å². The Balaban J connectivity index is 2.49. The number of hydrogen-bond acceptors (Lipinski definition) is 4. The predicted molar refractivity (Wildman–Crippen MR) is 71.9 cm³/mol. The Morgan fingerprint density at radius 2 is 1.84 bits per heavy atom. The van der Waals surface area contributed by atoms with Gasteiger partial charge >= 0.3 is 0 Å². The second-order valence-electron chi connectivity index (χ2n) is 4.42. The summed E-state index contributed by atoms with van der Waals surface area (Å²) in [6.07, 6.45) is 2.96. The number of benzene rings is 1. The highest BCUT2D eigenvalue weighted by Crippen LogP contribution is 2.21. The van der Waals surface area contributed by atoms with Gasteiger partial charge in [0.1, 0.15) is 11.6 Å². The summed E-state index contributed by atoms with van der Waals surface area (Å²) >= 11 is 0. The average Bonchev–Trinajstić information content (AvgIpc) is 2.89. The summed E-state index contributed by atoms with van der Waals surface area (Å²) in [5.41, 5.74) is 0. The second kappa shape index (κ2) is 5.05. The van der Waals surface area contributed by atoms with Crippen LogP contribution in [0.25, 0.3) is 0 Å². The molecule has 0 fully saturated rings. The van der Waals surface area contributed by atoms with Gasteiger partial charge in [-0.1, -0.05) is 13.8 Å². The van der Waals surface area contributed by atoms with Gasteiger partial charge < -0.3 is 4.74 Å². The van der Waals surface area contributed by atoms with Gasteiger partial charge in [-0.3, -0.25) is 0 Å². The van der Waals surface area contributed by atoms with E-state index in [9.17, 15) is 8.42 Å². The summed E-state index contributed by atoms with van der Waals surface area (Å²) in [6.45, 7) is 3.81. The molecule has 0 N–H and O–H groups in total. The van der Waals surface area contributed by atoms with E-state index in [4.69, 9.17) is 4.74 Å². The third kappa shape index (κ3) is 2.49. The summed E-state index contributed by atoms with van der Waals surface area (Å²) in [5, 5.41) is 0. The monoisotopic (exact) mass is 280 g/mol. The van der Waals surface area contributed by atoms with Crippen LogP contribution in [0.3, 0.4) is 0 Å². The fourth-order valence-electron chi connectivity index (χ4n) is 1.77. The minimum atomic E-state index is -3.60. The third-order valence-corrected chi connectivity index (χ3v) is 4.46. The van der Waals surface area contributed by atoms with Gasteiger partial charge in [0.15, 0.2) is 0 Å². The van der Waals surface area contributed by atoms with Gasteiger partial charge in [0, 0.05) is 18.3 Å². The van der Waals surface area contributed by atoms with Crippen molar-refractivity contribution in [3.8, 4) is 5.75 Å². The maximum atomic E-state index is 12.5. The first-order valence-electron chi connectivity index (χ1n) is 5.89. The predicted octanol–water partition coefficient (Wildman–Crippen LogP) is 2.25. The average molecular weight is 280 g/mol. The molecule has 0 amide bonds. The molecular formula is C13H16N2O3S. The maximum Gasteiger partial charge on any atom is 0.269 e. The van der Waals surface area contributed by atoms with Crippen molar-refractivity contribution in [2.45, 2.75) is 24.7 Å². The van der Waals surface area contributed by atoms with Gasteiger partial charge in [-0.05, 0) is 24.3 Å². The molecule has 0 atom stereocenters. The fourth-order valence-corrected chi connectivity index (χ4v) is 3.20. The lowest BCUT2D eigenvalue weighted by Crippen LogP contribution is -2.16. The third-order valence-electron chi connectivity index (χ3n) is 2.77. The molecule has 0 saturated carbocycles. The fraction of sp³-hybridized carbons (Fsp3) is 0.308. The molecule has 19 heavy (non-hydrogen) atoms. The van der Waals surface area contributed by atoms with Crippen molar-refractivity contribution in [1.29, 1.82) is 0 Å². The van der Waals surface area contributed by atoms with E-state index in [1.165, 1.54) is 35.6 Å². The standard InChI is InChI=1S/C13H16N2O3S/c1-10(2)13-14-8-9-15(13)19(16,17)12-6-4-11(18-3)5-7-12/h4-10H,1-3H3. The lowest BCUT2D eigenvalue weighted by Gasteiger charge is -2.11. The number of nitrogens with zero attached hydrogens (tertiary/aromatic N) is 2. The van der Waals surface area contributed by atoms with Gasteiger partial charge in [0.2, 0.25) is 0 Å². The molecule has 0 aliphatic heterocycles. The summed E-state index contributed by atoms with van der Waals surface area (Å²) in [5.74, 6) is 1.17. The molecule has 102 valence electrons. The molecule has 6 heteroatoms. The van der Waals surface area contributed by atoms with E-state index in [0.29, 0.717) is 11.6 Å². The number of aromatic nitrogens is 2. The summed E-state index contributed by atoms with van der Waals surface area (Å²) < 4.78 is 31.2. The van der Waals surface area contributed by atoms with E-state index in [-0.39, 0.29) is 10.8 Å². The van der Waals surface area contributed by atoms with Gasteiger partial charge in [0.05, 0.1) is 12.0 Å². The lowest BCUT2D eigenvalue weighted by molar-refractivity contribution is 0.414. The molecule has 0 unspecified atom stereocenters. The zero-order valence-electron chi connectivity index (χ0n) is 11.1. The van der Waals surface area contributed by atoms with Crippen LogP contribution in [0.1, 0.15) is 25.6 Å². The molecule has 0 aliphatic carbocycles. The van der Waals surface area contributed by atoms with E-state index in [1.807, 2.05) is 13.8 Å². The van der Waals surface area contributed by atoms with Crippen LogP contribution >= 0.6 is 0 Å². The molecule has 0 aliphatic rings. The minimum absolute atomic E-state index is 0.0306. The largest absolute Gasteiger partial charge is 0.497 e. The number of hydrogen-bond donors (Lipinski definition) is 0. The van der Waals surface area contributed by atoms with Gasteiger partial charge in [-0.15, -0.1) is 0 Å². The van der Waals surface area contributed by atoms with Crippen molar-refractivity contribution in [3.05, 3.63) is 42.5 Å². The molecule has 1 aromatic heterocycles. The van der Waals surface area contributed by atoms with Gasteiger partial charge in [0.25, 0.3) is 10.0 Å². The SMILES string of the molecule is COc1ccc(S(=O)(=O)n2ccnc2C(C)C)cc1. The summed E-state index contributed by atoms with van der Waals surface area (Å²) in [4.78, 5) is 4.32. The molecule has 5 nitrogen and oxygen atoms in total. The van der Waals surface area contributed by atoms with E-state index in [2.05, 4.69) is 4.98 Å². The molecule has 1 aromatic carbocycles.